The van der Waals surface area contributed by atoms with Gasteiger partial charge in [-0.15, -0.1) is 0 Å². The van der Waals surface area contributed by atoms with Crippen LogP contribution in [0.3, 0.4) is 0 Å². The minimum absolute atomic E-state index is 0.0210. The van der Waals surface area contributed by atoms with Gasteiger partial charge in [0.1, 0.15) is 5.02 Å². The van der Waals surface area contributed by atoms with Gasteiger partial charge in [-0.2, -0.15) is 5.10 Å². The molecule has 1 saturated carbocycles. The average Bonchev–Trinajstić information content (AvgIpc) is 3.35. The number of aromatic nitrogens is 4. The molecule has 0 spiro atoms. The molecular weight excluding hydrogens is 360 g/mol. The van der Waals surface area contributed by atoms with Gasteiger partial charge in [-0.3, -0.25) is 9.48 Å². The first kappa shape index (κ1) is 16.5. The van der Waals surface area contributed by atoms with Crippen LogP contribution in [0.5, 0.6) is 0 Å². The Bertz CT molecular complexity index is 1090. The van der Waals surface area contributed by atoms with E-state index in [9.17, 15) is 14.9 Å². The van der Waals surface area contributed by atoms with E-state index in [0.29, 0.717) is 18.2 Å². The van der Waals surface area contributed by atoms with E-state index in [4.69, 9.17) is 11.6 Å². The highest BCUT2D eigenvalue weighted by atomic mass is 35.5. The fourth-order valence-electron chi connectivity index (χ4n) is 2.78. The fourth-order valence-corrected chi connectivity index (χ4v) is 3.02. The van der Waals surface area contributed by atoms with Crippen LogP contribution in [0.2, 0.25) is 5.02 Å². The van der Waals surface area contributed by atoms with Crippen molar-refractivity contribution in [1.29, 1.82) is 0 Å². The second-order valence-corrected chi connectivity index (χ2v) is 6.73. The van der Waals surface area contributed by atoms with Gasteiger partial charge in [-0.25, -0.2) is 0 Å². The van der Waals surface area contributed by atoms with Crippen LogP contribution >= 0.6 is 11.6 Å². The molecule has 0 amide bonds. The molecule has 0 saturated heterocycles. The van der Waals surface area contributed by atoms with Crippen molar-refractivity contribution in [2.45, 2.75) is 12.8 Å². The van der Waals surface area contributed by atoms with Crippen LogP contribution in [-0.2, 0) is 7.05 Å². The summed E-state index contributed by atoms with van der Waals surface area (Å²) in [6.45, 7) is 0.535. The van der Waals surface area contributed by atoms with Gasteiger partial charge in [0.25, 0.3) is 0 Å². The topological polar surface area (TPSA) is 108 Å². The van der Waals surface area contributed by atoms with Gasteiger partial charge < -0.3 is 15.4 Å². The third kappa shape index (κ3) is 2.90. The summed E-state index contributed by atoms with van der Waals surface area (Å²) in [6, 6.07) is 5.03. The van der Waals surface area contributed by atoms with Crippen LogP contribution in [0.15, 0.2) is 29.2 Å². The predicted octanol–water partition coefficient (Wildman–Crippen LogP) is 2.50. The number of nitrogens with zero attached hydrogens (tertiary/aromatic N) is 5. The van der Waals surface area contributed by atoms with E-state index in [1.54, 1.807) is 36.1 Å². The molecule has 26 heavy (non-hydrogen) atoms. The van der Waals surface area contributed by atoms with E-state index in [0.717, 1.165) is 28.4 Å². The number of hydrogen-bond acceptors (Lipinski definition) is 6. The Morgan fingerprint density at radius 2 is 2.15 bits per heavy atom. The van der Waals surface area contributed by atoms with Crippen LogP contribution in [0.4, 0.5) is 11.5 Å². The van der Waals surface area contributed by atoms with Crippen molar-refractivity contribution >= 4 is 34.0 Å². The third-order valence-electron chi connectivity index (χ3n) is 4.30. The number of hydrogen-bond donors (Lipinski definition) is 1. The van der Waals surface area contributed by atoms with Gasteiger partial charge in [0.15, 0.2) is 5.69 Å². The molecule has 134 valence electrons. The van der Waals surface area contributed by atoms with Crippen molar-refractivity contribution in [3.05, 3.63) is 49.9 Å². The Labute approximate surface area is 152 Å². The van der Waals surface area contributed by atoms with Gasteiger partial charge in [0.2, 0.25) is 0 Å². The maximum Gasteiger partial charge on any atom is 0.413 e. The maximum absolute atomic E-state index is 12.7. The summed E-state index contributed by atoms with van der Waals surface area (Å²) in [5.41, 5.74) is 0.493. The molecule has 1 aliphatic carbocycles. The first-order valence-electron chi connectivity index (χ1n) is 8.09. The SMILES string of the molecule is Cn1cc2cc(-n3nc([N+](=O)[O-])c(NCC4CC4)c(Cl)c3=O)ccc2n1. The Morgan fingerprint density at radius 3 is 2.85 bits per heavy atom. The molecule has 1 aliphatic rings. The molecule has 10 heteroatoms. The smallest absolute Gasteiger partial charge is 0.376 e. The summed E-state index contributed by atoms with van der Waals surface area (Å²) in [5.74, 6) is -0.0115. The molecule has 1 aromatic carbocycles. The summed E-state index contributed by atoms with van der Waals surface area (Å²) in [7, 11) is 1.78. The lowest BCUT2D eigenvalue weighted by Crippen LogP contribution is -2.25. The Kier molecular flexibility index (Phi) is 3.87. The highest BCUT2D eigenvalue weighted by Crippen LogP contribution is 2.32. The van der Waals surface area contributed by atoms with Crippen LogP contribution < -0.4 is 10.9 Å². The summed E-state index contributed by atoms with van der Waals surface area (Å²) < 4.78 is 2.60. The standard InChI is InChI=1S/C16H15ClN6O3/c1-21-8-10-6-11(4-5-12(10)19-21)22-16(24)13(17)14(15(20-22)23(25)26)18-7-9-2-3-9/h4-6,8-9,18H,2-3,7H2,1H3. The molecule has 0 atom stereocenters. The zero-order chi connectivity index (χ0) is 18.4. The van der Waals surface area contributed by atoms with E-state index in [1.807, 2.05) is 0 Å². The molecule has 0 bridgehead atoms. The largest absolute Gasteiger partial charge is 0.413 e. The highest BCUT2D eigenvalue weighted by molar-refractivity contribution is 6.33. The number of halogens is 1. The summed E-state index contributed by atoms with van der Waals surface area (Å²) in [4.78, 5) is 23.5. The highest BCUT2D eigenvalue weighted by Gasteiger charge is 2.28. The molecule has 1 fully saturated rings. The minimum atomic E-state index is -0.639. The molecular formula is C16H15ClN6O3. The predicted molar refractivity (Wildman–Crippen MR) is 97.0 cm³/mol. The third-order valence-corrected chi connectivity index (χ3v) is 4.65. The monoisotopic (exact) mass is 374 g/mol. The van der Waals surface area contributed by atoms with Crippen molar-refractivity contribution < 1.29 is 4.92 Å². The number of benzene rings is 1. The number of nitrogens with one attached hydrogen (secondary N) is 1. The lowest BCUT2D eigenvalue weighted by atomic mass is 10.2. The van der Waals surface area contributed by atoms with Crippen molar-refractivity contribution in [3.8, 4) is 5.69 Å². The number of nitro groups is 1. The molecule has 2 heterocycles. The van der Waals surface area contributed by atoms with Crippen molar-refractivity contribution in [3.63, 3.8) is 0 Å². The quantitative estimate of drug-likeness (QED) is 0.543. The van der Waals surface area contributed by atoms with Crippen molar-refractivity contribution in [1.82, 2.24) is 19.6 Å². The molecule has 9 nitrogen and oxygen atoms in total. The van der Waals surface area contributed by atoms with E-state index >= 15 is 0 Å². The number of rotatable bonds is 5. The van der Waals surface area contributed by atoms with Crippen molar-refractivity contribution in [2.24, 2.45) is 13.0 Å². The number of fused-ring (bicyclic) bond motifs is 1. The Hall–Kier alpha value is -2.94. The second kappa shape index (κ2) is 6.10. The van der Waals surface area contributed by atoms with Gasteiger partial charge in [0, 0.05) is 25.2 Å². The van der Waals surface area contributed by atoms with Gasteiger partial charge >= 0.3 is 11.4 Å². The van der Waals surface area contributed by atoms with Gasteiger partial charge in [-0.1, -0.05) is 16.3 Å². The number of aryl methyl sites for hydroxylation is 1. The molecule has 3 aromatic rings. The zero-order valence-electron chi connectivity index (χ0n) is 13.8. The summed E-state index contributed by atoms with van der Waals surface area (Å²) in [5, 5.41) is 23.1. The lowest BCUT2D eigenvalue weighted by molar-refractivity contribution is -0.389. The molecule has 1 N–H and O–H groups in total. The van der Waals surface area contributed by atoms with Crippen LogP contribution in [0.25, 0.3) is 16.6 Å². The molecule has 0 unspecified atom stereocenters. The molecule has 4 rings (SSSR count). The van der Waals surface area contributed by atoms with Gasteiger partial charge in [0.05, 0.1) is 16.3 Å². The van der Waals surface area contributed by atoms with E-state index in [1.165, 1.54) is 0 Å². The molecule has 2 aromatic heterocycles. The van der Waals surface area contributed by atoms with Crippen LogP contribution in [0, 0.1) is 16.0 Å². The zero-order valence-corrected chi connectivity index (χ0v) is 14.6. The lowest BCUT2D eigenvalue weighted by Gasteiger charge is -2.09. The van der Waals surface area contributed by atoms with E-state index in [2.05, 4.69) is 15.5 Å². The molecule has 0 aliphatic heterocycles. The maximum atomic E-state index is 12.7. The van der Waals surface area contributed by atoms with Crippen LogP contribution in [-0.4, -0.2) is 31.0 Å². The van der Waals surface area contributed by atoms with Crippen LogP contribution in [0.1, 0.15) is 12.8 Å². The summed E-state index contributed by atoms with van der Waals surface area (Å²) >= 11 is 6.17. The fraction of sp³-hybridized carbons (Fsp3) is 0.312. The first-order chi connectivity index (χ1) is 12.4. The average molecular weight is 375 g/mol. The Balaban J connectivity index is 1.84. The van der Waals surface area contributed by atoms with Gasteiger partial charge in [-0.05, 0) is 41.9 Å². The minimum Gasteiger partial charge on any atom is -0.376 e. The van der Waals surface area contributed by atoms with Crippen molar-refractivity contribution in [2.75, 3.05) is 11.9 Å². The first-order valence-corrected chi connectivity index (χ1v) is 8.46. The second-order valence-electron chi connectivity index (χ2n) is 6.36. The van der Waals surface area contributed by atoms with E-state index < -0.39 is 16.3 Å². The summed E-state index contributed by atoms with van der Waals surface area (Å²) in [6.07, 6.45) is 3.91. The van der Waals surface area contributed by atoms with E-state index in [-0.39, 0.29) is 10.7 Å². The number of anilines is 1. The Morgan fingerprint density at radius 1 is 1.38 bits per heavy atom. The normalized spacial score (nSPS) is 13.9. The molecule has 0 radical (unpaired) electrons.